The minimum atomic E-state index is -0.302. The Morgan fingerprint density at radius 2 is 2.06 bits per heavy atom. The summed E-state index contributed by atoms with van der Waals surface area (Å²) in [6, 6.07) is 6.61. The average Bonchev–Trinajstić information content (AvgIpc) is 2.33. The molecule has 0 aromatic heterocycles. The number of carbonyl (C=O) groups excluding carboxylic acids is 2. The van der Waals surface area contributed by atoms with Crippen LogP contribution in [0.15, 0.2) is 24.3 Å². The van der Waals surface area contributed by atoms with Crippen LogP contribution in [0.4, 0.5) is 5.69 Å². The predicted molar refractivity (Wildman–Crippen MR) is 66.5 cm³/mol. The smallest absolute Gasteiger partial charge is 0.251 e. The van der Waals surface area contributed by atoms with Crippen LogP contribution >= 0.6 is 0 Å². The predicted octanol–water partition coefficient (Wildman–Crippen LogP) is 0.525. The van der Waals surface area contributed by atoms with Crippen molar-refractivity contribution in [2.75, 3.05) is 18.8 Å². The molecule has 0 aliphatic rings. The topological polar surface area (TPSA) is 84.2 Å². The molecule has 17 heavy (non-hydrogen) atoms. The summed E-state index contributed by atoms with van der Waals surface area (Å²) < 4.78 is 0. The first-order valence-corrected chi connectivity index (χ1v) is 5.54. The maximum absolute atomic E-state index is 11.6. The van der Waals surface area contributed by atoms with Crippen molar-refractivity contribution in [2.45, 2.75) is 13.3 Å². The van der Waals surface area contributed by atoms with Crippen LogP contribution in [0.3, 0.4) is 0 Å². The van der Waals surface area contributed by atoms with Crippen molar-refractivity contribution in [1.29, 1.82) is 0 Å². The zero-order valence-electron chi connectivity index (χ0n) is 9.82. The quantitative estimate of drug-likeness (QED) is 0.651. The normalized spacial score (nSPS) is 9.71. The van der Waals surface area contributed by atoms with Gasteiger partial charge in [0, 0.05) is 17.8 Å². The third kappa shape index (κ3) is 4.55. The summed E-state index contributed by atoms with van der Waals surface area (Å²) in [5, 5.41) is 5.20. The van der Waals surface area contributed by atoms with Gasteiger partial charge in [-0.3, -0.25) is 9.59 Å². The molecule has 0 aliphatic carbocycles. The SMILES string of the molecule is CCCNC(=O)CNC(=O)c1cccc(N)c1. The molecular formula is C12H17N3O2. The van der Waals surface area contributed by atoms with Gasteiger partial charge in [-0.1, -0.05) is 13.0 Å². The number of hydrogen-bond acceptors (Lipinski definition) is 3. The average molecular weight is 235 g/mol. The molecule has 1 rings (SSSR count). The lowest BCUT2D eigenvalue weighted by atomic mass is 10.2. The fraction of sp³-hybridized carbons (Fsp3) is 0.333. The van der Waals surface area contributed by atoms with Crippen LogP contribution in [0.25, 0.3) is 0 Å². The minimum Gasteiger partial charge on any atom is -0.399 e. The molecule has 0 atom stereocenters. The van der Waals surface area contributed by atoms with Crippen LogP contribution in [-0.4, -0.2) is 24.9 Å². The van der Waals surface area contributed by atoms with Gasteiger partial charge >= 0.3 is 0 Å². The molecule has 92 valence electrons. The summed E-state index contributed by atoms with van der Waals surface area (Å²) in [5.41, 5.74) is 6.53. The van der Waals surface area contributed by atoms with Gasteiger partial charge in [-0.25, -0.2) is 0 Å². The Kier molecular flexibility index (Phi) is 5.00. The molecule has 0 fully saturated rings. The zero-order chi connectivity index (χ0) is 12.7. The lowest BCUT2D eigenvalue weighted by Gasteiger charge is -2.06. The van der Waals surface area contributed by atoms with E-state index >= 15 is 0 Å². The van der Waals surface area contributed by atoms with Crippen molar-refractivity contribution in [3.8, 4) is 0 Å². The van der Waals surface area contributed by atoms with E-state index in [1.165, 1.54) is 0 Å². The largest absolute Gasteiger partial charge is 0.399 e. The molecule has 1 aromatic carbocycles. The molecule has 0 saturated heterocycles. The van der Waals surface area contributed by atoms with Gasteiger partial charge in [-0.15, -0.1) is 0 Å². The first-order chi connectivity index (χ1) is 8.13. The number of rotatable bonds is 5. The number of amides is 2. The molecular weight excluding hydrogens is 218 g/mol. The molecule has 4 N–H and O–H groups in total. The van der Waals surface area contributed by atoms with E-state index in [4.69, 9.17) is 5.73 Å². The molecule has 0 spiro atoms. The lowest BCUT2D eigenvalue weighted by molar-refractivity contribution is -0.120. The summed E-state index contributed by atoms with van der Waals surface area (Å²) in [6.07, 6.45) is 0.870. The maximum Gasteiger partial charge on any atom is 0.251 e. The second kappa shape index (κ2) is 6.52. The van der Waals surface area contributed by atoms with Crippen molar-refractivity contribution in [1.82, 2.24) is 10.6 Å². The number of nitrogen functional groups attached to an aromatic ring is 1. The number of anilines is 1. The van der Waals surface area contributed by atoms with Gasteiger partial charge in [0.15, 0.2) is 0 Å². The summed E-state index contributed by atoms with van der Waals surface area (Å²) in [7, 11) is 0. The molecule has 1 aromatic rings. The van der Waals surface area contributed by atoms with Gasteiger partial charge in [-0.05, 0) is 24.6 Å². The summed E-state index contributed by atoms with van der Waals surface area (Å²) in [6.45, 7) is 2.56. The van der Waals surface area contributed by atoms with Gasteiger partial charge in [0.05, 0.1) is 6.54 Å². The second-order valence-electron chi connectivity index (χ2n) is 3.66. The third-order valence-corrected chi connectivity index (χ3v) is 2.13. The van der Waals surface area contributed by atoms with Crippen molar-refractivity contribution in [3.05, 3.63) is 29.8 Å². The van der Waals surface area contributed by atoms with Gasteiger partial charge in [-0.2, -0.15) is 0 Å². The van der Waals surface area contributed by atoms with Gasteiger partial charge in [0.1, 0.15) is 0 Å². The summed E-state index contributed by atoms with van der Waals surface area (Å²) in [5.74, 6) is -0.493. The van der Waals surface area contributed by atoms with E-state index in [1.54, 1.807) is 24.3 Å². The maximum atomic E-state index is 11.6. The molecule has 5 nitrogen and oxygen atoms in total. The van der Waals surface area contributed by atoms with Crippen LogP contribution in [0, 0.1) is 0 Å². The fourth-order valence-corrected chi connectivity index (χ4v) is 1.27. The van der Waals surface area contributed by atoms with Crippen molar-refractivity contribution in [3.63, 3.8) is 0 Å². The monoisotopic (exact) mass is 235 g/mol. The van der Waals surface area contributed by atoms with Crippen molar-refractivity contribution >= 4 is 17.5 Å². The molecule has 0 heterocycles. The van der Waals surface area contributed by atoms with Crippen LogP contribution in [-0.2, 0) is 4.79 Å². The van der Waals surface area contributed by atoms with Crippen LogP contribution in [0.2, 0.25) is 0 Å². The molecule has 2 amide bonds. The molecule has 0 unspecified atom stereocenters. The molecule has 5 heteroatoms. The highest BCUT2D eigenvalue weighted by molar-refractivity contribution is 5.97. The second-order valence-corrected chi connectivity index (χ2v) is 3.66. The van der Waals surface area contributed by atoms with E-state index in [-0.39, 0.29) is 18.4 Å². The molecule has 0 radical (unpaired) electrons. The van der Waals surface area contributed by atoms with E-state index in [2.05, 4.69) is 10.6 Å². The Balaban J connectivity index is 2.42. The number of hydrogen-bond donors (Lipinski definition) is 3. The van der Waals surface area contributed by atoms with Crippen LogP contribution in [0.5, 0.6) is 0 Å². The highest BCUT2D eigenvalue weighted by atomic mass is 16.2. The van der Waals surface area contributed by atoms with Crippen LogP contribution in [0.1, 0.15) is 23.7 Å². The van der Waals surface area contributed by atoms with Gasteiger partial charge in [0.2, 0.25) is 5.91 Å². The first kappa shape index (κ1) is 13.0. The van der Waals surface area contributed by atoms with Crippen molar-refractivity contribution < 1.29 is 9.59 Å². The van der Waals surface area contributed by atoms with E-state index in [9.17, 15) is 9.59 Å². The fourth-order valence-electron chi connectivity index (χ4n) is 1.27. The Morgan fingerprint density at radius 1 is 1.29 bits per heavy atom. The number of carbonyl (C=O) groups is 2. The first-order valence-electron chi connectivity index (χ1n) is 5.54. The molecule has 0 saturated carbocycles. The van der Waals surface area contributed by atoms with Crippen LogP contribution < -0.4 is 16.4 Å². The van der Waals surface area contributed by atoms with E-state index in [0.717, 1.165) is 6.42 Å². The Labute approximate surface area is 100 Å². The Bertz CT molecular complexity index is 404. The summed E-state index contributed by atoms with van der Waals surface area (Å²) in [4.78, 5) is 22.9. The number of nitrogens with one attached hydrogen (secondary N) is 2. The van der Waals surface area contributed by atoms with Gasteiger partial charge in [0.25, 0.3) is 5.91 Å². The van der Waals surface area contributed by atoms with Crippen molar-refractivity contribution in [2.24, 2.45) is 0 Å². The highest BCUT2D eigenvalue weighted by Gasteiger charge is 2.07. The number of nitrogens with two attached hydrogens (primary N) is 1. The molecule has 0 aliphatic heterocycles. The van der Waals surface area contributed by atoms with Gasteiger partial charge < -0.3 is 16.4 Å². The van der Waals surface area contributed by atoms with E-state index < -0.39 is 0 Å². The lowest BCUT2D eigenvalue weighted by Crippen LogP contribution is -2.37. The van der Waals surface area contributed by atoms with E-state index in [1.807, 2.05) is 6.92 Å². The molecule has 0 bridgehead atoms. The number of benzene rings is 1. The minimum absolute atomic E-state index is 0.0202. The summed E-state index contributed by atoms with van der Waals surface area (Å²) >= 11 is 0. The third-order valence-electron chi connectivity index (χ3n) is 2.13. The van der Waals surface area contributed by atoms with E-state index in [0.29, 0.717) is 17.8 Å². The highest BCUT2D eigenvalue weighted by Crippen LogP contribution is 2.05. The Hall–Kier alpha value is -2.04. The zero-order valence-corrected chi connectivity index (χ0v) is 9.82. The Morgan fingerprint density at radius 3 is 2.71 bits per heavy atom. The standard InChI is InChI=1S/C12H17N3O2/c1-2-6-14-11(16)8-15-12(17)9-4-3-5-10(13)7-9/h3-5,7H,2,6,8,13H2,1H3,(H,14,16)(H,15,17).